The van der Waals surface area contributed by atoms with Crippen molar-refractivity contribution in [3.63, 3.8) is 0 Å². The van der Waals surface area contributed by atoms with Crippen molar-refractivity contribution in [3.05, 3.63) is 47.8 Å². The third-order valence-corrected chi connectivity index (χ3v) is 4.76. The van der Waals surface area contributed by atoms with Crippen LogP contribution in [-0.2, 0) is 11.2 Å². The van der Waals surface area contributed by atoms with Gasteiger partial charge in [-0.3, -0.25) is 4.79 Å². The second-order valence-electron chi connectivity index (χ2n) is 5.21. The summed E-state index contributed by atoms with van der Waals surface area (Å²) in [4.78, 5) is 21.6. The quantitative estimate of drug-likeness (QED) is 0.827. The number of hydrogen-bond donors (Lipinski definition) is 2. The van der Waals surface area contributed by atoms with Gasteiger partial charge >= 0.3 is 0 Å². The van der Waals surface area contributed by atoms with Gasteiger partial charge in [-0.1, -0.05) is 17.7 Å². The summed E-state index contributed by atoms with van der Waals surface area (Å²) in [5, 5.41) is 6.01. The monoisotopic (exact) mass is 314 g/mol. The number of amides is 1. The molecule has 0 unspecified atom stereocenters. The lowest BCUT2D eigenvalue weighted by Crippen LogP contribution is -2.35. The topological polar surface area (TPSA) is 66.9 Å². The number of fused-ring (bicyclic) bond motifs is 1. The van der Waals surface area contributed by atoms with Crippen LogP contribution in [0.5, 0.6) is 0 Å². The van der Waals surface area contributed by atoms with Crippen molar-refractivity contribution in [1.82, 2.24) is 15.3 Å². The first-order valence-electron chi connectivity index (χ1n) is 7.27. The first-order valence-corrected chi connectivity index (χ1v) is 8.15. The molecule has 0 fully saturated rings. The maximum atomic E-state index is 12.2. The second kappa shape index (κ2) is 6.79. The molecule has 0 saturated carbocycles. The van der Waals surface area contributed by atoms with Crippen LogP contribution < -0.4 is 10.6 Å². The highest BCUT2D eigenvalue weighted by atomic mass is 32.2. The van der Waals surface area contributed by atoms with E-state index in [9.17, 15) is 4.79 Å². The van der Waals surface area contributed by atoms with Gasteiger partial charge in [0.1, 0.15) is 0 Å². The molecule has 6 heteroatoms. The van der Waals surface area contributed by atoms with Gasteiger partial charge in [0.15, 0.2) is 0 Å². The van der Waals surface area contributed by atoms with Gasteiger partial charge < -0.3 is 10.6 Å². The number of aromatic nitrogens is 2. The SMILES string of the molecule is Cc1ccc2c(c1)S[C@H](C(=O)NCCNc1ncccn1)C2. The van der Waals surface area contributed by atoms with Crippen molar-refractivity contribution >= 4 is 23.6 Å². The molecular formula is C16H18N4OS. The maximum absolute atomic E-state index is 12.2. The molecule has 1 aromatic heterocycles. The number of benzene rings is 1. The first-order chi connectivity index (χ1) is 10.7. The van der Waals surface area contributed by atoms with Gasteiger partial charge in [-0.15, -0.1) is 11.8 Å². The fraction of sp³-hybridized carbons (Fsp3) is 0.312. The summed E-state index contributed by atoms with van der Waals surface area (Å²) in [7, 11) is 0. The fourth-order valence-electron chi connectivity index (χ4n) is 2.35. The van der Waals surface area contributed by atoms with E-state index in [1.54, 1.807) is 30.2 Å². The summed E-state index contributed by atoms with van der Waals surface area (Å²) in [6.45, 7) is 3.24. The number of thioether (sulfide) groups is 1. The number of aryl methyl sites for hydroxylation is 1. The van der Waals surface area contributed by atoms with E-state index < -0.39 is 0 Å². The Morgan fingerprint density at radius 1 is 1.32 bits per heavy atom. The molecule has 3 rings (SSSR count). The molecule has 0 bridgehead atoms. The Morgan fingerprint density at radius 2 is 2.14 bits per heavy atom. The Balaban J connectivity index is 1.44. The largest absolute Gasteiger partial charge is 0.353 e. The molecule has 0 saturated heterocycles. The summed E-state index contributed by atoms with van der Waals surface area (Å²) in [6, 6.07) is 8.15. The number of nitrogens with one attached hydrogen (secondary N) is 2. The molecule has 1 aromatic carbocycles. The molecule has 1 aliphatic heterocycles. The van der Waals surface area contributed by atoms with Crippen molar-refractivity contribution in [1.29, 1.82) is 0 Å². The van der Waals surface area contributed by atoms with Gasteiger partial charge in [-0.25, -0.2) is 9.97 Å². The van der Waals surface area contributed by atoms with Crippen LogP contribution >= 0.6 is 11.8 Å². The predicted octanol–water partition coefficient (Wildman–Crippen LogP) is 2.03. The van der Waals surface area contributed by atoms with E-state index in [2.05, 4.69) is 45.7 Å². The van der Waals surface area contributed by atoms with Crippen LogP contribution in [-0.4, -0.2) is 34.2 Å². The lowest BCUT2D eigenvalue weighted by molar-refractivity contribution is -0.120. The van der Waals surface area contributed by atoms with Crippen LogP contribution in [0.2, 0.25) is 0 Å². The molecule has 0 spiro atoms. The third-order valence-electron chi connectivity index (χ3n) is 3.46. The van der Waals surface area contributed by atoms with Crippen LogP contribution in [0.4, 0.5) is 5.95 Å². The Bertz CT molecular complexity index is 662. The van der Waals surface area contributed by atoms with Crippen molar-refractivity contribution in [3.8, 4) is 0 Å². The Hall–Kier alpha value is -2.08. The number of carbonyl (C=O) groups is 1. The summed E-state index contributed by atoms with van der Waals surface area (Å²) in [5.74, 6) is 0.671. The number of anilines is 1. The van der Waals surface area contributed by atoms with Gasteiger partial charge in [0.2, 0.25) is 11.9 Å². The molecule has 0 aliphatic carbocycles. The first kappa shape index (κ1) is 14.8. The highest BCUT2D eigenvalue weighted by Crippen LogP contribution is 2.37. The van der Waals surface area contributed by atoms with Gasteiger partial charge in [0, 0.05) is 30.4 Å². The Labute approximate surface area is 133 Å². The van der Waals surface area contributed by atoms with Crippen molar-refractivity contribution in [2.75, 3.05) is 18.4 Å². The highest BCUT2D eigenvalue weighted by molar-refractivity contribution is 8.01. The van der Waals surface area contributed by atoms with Crippen molar-refractivity contribution < 1.29 is 4.79 Å². The lowest BCUT2D eigenvalue weighted by Gasteiger charge is -2.10. The van der Waals surface area contributed by atoms with Crippen LogP contribution in [0, 0.1) is 6.92 Å². The number of hydrogen-bond acceptors (Lipinski definition) is 5. The minimum atomic E-state index is -0.0234. The minimum absolute atomic E-state index is 0.0234. The van der Waals surface area contributed by atoms with Gasteiger partial charge in [-0.2, -0.15) is 0 Å². The number of rotatable bonds is 5. The zero-order chi connectivity index (χ0) is 15.4. The average molecular weight is 314 g/mol. The molecule has 2 N–H and O–H groups in total. The molecule has 22 heavy (non-hydrogen) atoms. The summed E-state index contributed by atoms with van der Waals surface area (Å²) >= 11 is 1.66. The predicted molar refractivity (Wildman–Crippen MR) is 88.1 cm³/mol. The fourth-order valence-corrected chi connectivity index (χ4v) is 3.66. The summed E-state index contributed by atoms with van der Waals surface area (Å²) < 4.78 is 0. The van der Waals surface area contributed by atoms with Gasteiger partial charge in [0.05, 0.1) is 5.25 Å². The molecule has 2 aromatic rings. The van der Waals surface area contributed by atoms with Crippen LogP contribution in [0.3, 0.4) is 0 Å². The van der Waals surface area contributed by atoms with Gasteiger partial charge in [-0.05, 0) is 31.0 Å². The van der Waals surface area contributed by atoms with E-state index in [-0.39, 0.29) is 11.2 Å². The summed E-state index contributed by atoms with van der Waals surface area (Å²) in [6.07, 6.45) is 4.17. The van der Waals surface area contributed by atoms with E-state index in [1.165, 1.54) is 16.0 Å². The van der Waals surface area contributed by atoms with Crippen molar-refractivity contribution in [2.24, 2.45) is 0 Å². The molecule has 1 aliphatic rings. The second-order valence-corrected chi connectivity index (χ2v) is 6.46. The van der Waals surface area contributed by atoms with Crippen LogP contribution in [0.1, 0.15) is 11.1 Å². The Morgan fingerprint density at radius 3 is 2.95 bits per heavy atom. The van der Waals surface area contributed by atoms with E-state index in [1.807, 2.05) is 0 Å². The van der Waals surface area contributed by atoms with E-state index >= 15 is 0 Å². The van der Waals surface area contributed by atoms with E-state index in [0.717, 1.165) is 6.42 Å². The molecule has 114 valence electrons. The van der Waals surface area contributed by atoms with Crippen LogP contribution in [0.15, 0.2) is 41.6 Å². The zero-order valence-corrected chi connectivity index (χ0v) is 13.2. The molecule has 5 nitrogen and oxygen atoms in total. The standard InChI is InChI=1S/C16H18N4OS/c1-11-3-4-12-10-14(22-13(12)9-11)15(21)17-7-8-20-16-18-5-2-6-19-16/h2-6,9,14H,7-8,10H2,1H3,(H,17,21)(H,18,19,20)/t14-/m0/s1. The Kier molecular flexibility index (Phi) is 4.58. The molecule has 1 amide bonds. The minimum Gasteiger partial charge on any atom is -0.353 e. The van der Waals surface area contributed by atoms with Crippen molar-refractivity contribution in [2.45, 2.75) is 23.5 Å². The van der Waals surface area contributed by atoms with Crippen LogP contribution in [0.25, 0.3) is 0 Å². The number of nitrogens with zero attached hydrogens (tertiary/aromatic N) is 2. The molecular weight excluding hydrogens is 296 g/mol. The maximum Gasteiger partial charge on any atom is 0.233 e. The smallest absolute Gasteiger partial charge is 0.233 e. The molecule has 1 atom stereocenters. The lowest BCUT2D eigenvalue weighted by atomic mass is 10.1. The average Bonchev–Trinajstić information content (AvgIpc) is 2.95. The number of carbonyl (C=O) groups excluding carboxylic acids is 1. The van der Waals surface area contributed by atoms with E-state index in [0.29, 0.717) is 19.0 Å². The highest BCUT2D eigenvalue weighted by Gasteiger charge is 2.27. The third kappa shape index (κ3) is 3.57. The summed E-state index contributed by atoms with van der Waals surface area (Å²) in [5.41, 5.74) is 2.51. The van der Waals surface area contributed by atoms with Gasteiger partial charge in [0.25, 0.3) is 0 Å². The van der Waals surface area contributed by atoms with E-state index in [4.69, 9.17) is 0 Å². The normalized spacial score (nSPS) is 16.1. The zero-order valence-electron chi connectivity index (χ0n) is 12.4. The molecule has 0 radical (unpaired) electrons. The molecule has 2 heterocycles.